The molecule has 0 atom stereocenters. The van der Waals surface area contributed by atoms with Gasteiger partial charge in [0, 0.05) is 21.1 Å². The number of rotatable bonds is 2. The molecule has 0 radical (unpaired) electrons. The molecule has 4 fully saturated rings. The van der Waals surface area contributed by atoms with Gasteiger partial charge in [-0.2, -0.15) is 0 Å². The number of carbonyl (C=O) groups excluding carboxylic acids is 1. The lowest BCUT2D eigenvalue weighted by molar-refractivity contribution is -0.0167. The predicted octanol–water partition coefficient (Wildman–Crippen LogP) is 4.69. The first-order chi connectivity index (χ1) is 10.0. The maximum Gasteiger partial charge on any atom is 0.251 e. The summed E-state index contributed by atoms with van der Waals surface area (Å²) in [5.74, 6) is 2.43. The van der Waals surface area contributed by atoms with Gasteiger partial charge in [0.2, 0.25) is 0 Å². The first kappa shape index (κ1) is 13.9. The SMILES string of the molecule is O=C(NC12CC3CC(CC(C3)C1)C2)c1cc(Cl)cc(Cl)c1. The molecule has 4 saturated carbocycles. The third kappa shape index (κ3) is 2.57. The Morgan fingerprint density at radius 1 is 0.952 bits per heavy atom. The predicted molar refractivity (Wildman–Crippen MR) is 84.8 cm³/mol. The third-order valence-electron chi connectivity index (χ3n) is 5.54. The van der Waals surface area contributed by atoms with Gasteiger partial charge in [0.15, 0.2) is 0 Å². The van der Waals surface area contributed by atoms with E-state index in [1.807, 2.05) is 0 Å². The largest absolute Gasteiger partial charge is 0.347 e. The van der Waals surface area contributed by atoms with Crippen LogP contribution in [0.15, 0.2) is 18.2 Å². The maximum atomic E-state index is 12.6. The molecule has 4 bridgehead atoms. The second kappa shape index (κ2) is 4.89. The summed E-state index contributed by atoms with van der Waals surface area (Å²) in [6.07, 6.45) is 7.57. The highest BCUT2D eigenvalue weighted by molar-refractivity contribution is 6.35. The normalized spacial score (nSPS) is 36.8. The van der Waals surface area contributed by atoms with Gasteiger partial charge in [-0.15, -0.1) is 0 Å². The fourth-order valence-corrected chi connectivity index (χ4v) is 5.79. The van der Waals surface area contributed by atoms with Crippen LogP contribution in [-0.4, -0.2) is 11.4 Å². The number of carbonyl (C=O) groups is 1. The minimum Gasteiger partial charge on any atom is -0.347 e. The average Bonchev–Trinajstić information content (AvgIpc) is 2.35. The Kier molecular flexibility index (Phi) is 3.24. The van der Waals surface area contributed by atoms with Gasteiger partial charge in [0.25, 0.3) is 5.91 Å². The molecule has 1 aromatic rings. The summed E-state index contributed by atoms with van der Waals surface area (Å²) in [7, 11) is 0. The van der Waals surface area contributed by atoms with E-state index in [9.17, 15) is 4.79 Å². The highest BCUT2D eigenvalue weighted by atomic mass is 35.5. The molecule has 0 aliphatic heterocycles. The molecule has 112 valence electrons. The highest BCUT2D eigenvalue weighted by Crippen LogP contribution is 2.55. The van der Waals surface area contributed by atoms with Crippen molar-refractivity contribution < 1.29 is 4.79 Å². The van der Waals surface area contributed by atoms with E-state index >= 15 is 0 Å². The second-order valence-electron chi connectivity index (χ2n) is 7.31. The molecule has 1 aromatic carbocycles. The first-order valence-corrected chi connectivity index (χ1v) is 8.55. The molecule has 21 heavy (non-hydrogen) atoms. The van der Waals surface area contributed by atoms with E-state index in [-0.39, 0.29) is 11.4 Å². The average molecular weight is 324 g/mol. The molecule has 0 unspecified atom stereocenters. The summed E-state index contributed by atoms with van der Waals surface area (Å²) in [5.41, 5.74) is 0.601. The van der Waals surface area contributed by atoms with Gasteiger partial charge in [-0.05, 0) is 74.5 Å². The Hall–Kier alpha value is -0.730. The summed E-state index contributed by atoms with van der Waals surface area (Å²) >= 11 is 12.0. The smallest absolute Gasteiger partial charge is 0.251 e. The van der Waals surface area contributed by atoms with Crippen molar-refractivity contribution in [3.63, 3.8) is 0 Å². The van der Waals surface area contributed by atoms with Crippen LogP contribution in [0.5, 0.6) is 0 Å². The van der Waals surface area contributed by atoms with Crippen LogP contribution in [-0.2, 0) is 0 Å². The van der Waals surface area contributed by atoms with Gasteiger partial charge < -0.3 is 5.32 Å². The quantitative estimate of drug-likeness (QED) is 0.840. The molecule has 1 N–H and O–H groups in total. The standard InChI is InChI=1S/C17H19Cl2NO/c18-14-4-13(5-15(19)6-14)16(21)20-17-7-10-1-11(8-17)3-12(2-10)9-17/h4-6,10-12H,1-3,7-9H2,(H,20,21). The molecular formula is C17H19Cl2NO. The van der Waals surface area contributed by atoms with Crippen LogP contribution in [0.2, 0.25) is 10.0 Å². The summed E-state index contributed by atoms with van der Waals surface area (Å²) in [4.78, 5) is 12.6. The summed E-state index contributed by atoms with van der Waals surface area (Å²) in [6.45, 7) is 0. The third-order valence-corrected chi connectivity index (χ3v) is 5.98. The lowest BCUT2D eigenvalue weighted by Crippen LogP contribution is -2.59. The highest BCUT2D eigenvalue weighted by Gasteiger charge is 2.51. The van der Waals surface area contributed by atoms with Crippen molar-refractivity contribution in [2.24, 2.45) is 17.8 Å². The Morgan fingerprint density at radius 3 is 1.90 bits per heavy atom. The van der Waals surface area contributed by atoms with Crippen LogP contribution < -0.4 is 5.32 Å². The Labute approximate surface area is 135 Å². The van der Waals surface area contributed by atoms with E-state index in [0.29, 0.717) is 15.6 Å². The molecule has 0 saturated heterocycles. The van der Waals surface area contributed by atoms with E-state index in [0.717, 1.165) is 37.0 Å². The summed E-state index contributed by atoms with van der Waals surface area (Å²) < 4.78 is 0. The van der Waals surface area contributed by atoms with Crippen molar-refractivity contribution in [2.45, 2.75) is 44.1 Å². The first-order valence-electron chi connectivity index (χ1n) is 7.80. The van der Waals surface area contributed by atoms with Gasteiger partial charge in [-0.3, -0.25) is 4.79 Å². The van der Waals surface area contributed by atoms with Crippen LogP contribution >= 0.6 is 23.2 Å². The zero-order valence-corrected chi connectivity index (χ0v) is 13.4. The zero-order valence-electron chi connectivity index (χ0n) is 11.9. The van der Waals surface area contributed by atoms with Crippen molar-refractivity contribution in [2.75, 3.05) is 0 Å². The van der Waals surface area contributed by atoms with Crippen molar-refractivity contribution in [1.29, 1.82) is 0 Å². The minimum absolute atomic E-state index is 0.0265. The van der Waals surface area contributed by atoms with E-state index in [4.69, 9.17) is 23.2 Å². The van der Waals surface area contributed by atoms with E-state index in [1.165, 1.54) is 19.3 Å². The van der Waals surface area contributed by atoms with Crippen molar-refractivity contribution >= 4 is 29.1 Å². The van der Waals surface area contributed by atoms with Gasteiger partial charge in [-0.1, -0.05) is 23.2 Å². The lowest BCUT2D eigenvalue weighted by atomic mass is 9.53. The second-order valence-corrected chi connectivity index (χ2v) is 8.18. The van der Waals surface area contributed by atoms with E-state index in [2.05, 4.69) is 5.32 Å². The molecule has 0 spiro atoms. The molecule has 4 aliphatic carbocycles. The van der Waals surface area contributed by atoms with E-state index < -0.39 is 0 Å². The minimum atomic E-state index is -0.0265. The summed E-state index contributed by atoms with van der Waals surface area (Å²) in [6, 6.07) is 5.05. The molecule has 4 heteroatoms. The molecule has 5 rings (SSSR count). The van der Waals surface area contributed by atoms with Gasteiger partial charge in [-0.25, -0.2) is 0 Å². The Morgan fingerprint density at radius 2 is 1.43 bits per heavy atom. The molecular weight excluding hydrogens is 305 g/mol. The van der Waals surface area contributed by atoms with Crippen LogP contribution in [0, 0.1) is 17.8 Å². The van der Waals surface area contributed by atoms with Crippen LogP contribution in [0.3, 0.4) is 0 Å². The molecule has 0 heterocycles. The van der Waals surface area contributed by atoms with Gasteiger partial charge in [0.05, 0.1) is 0 Å². The number of halogens is 2. The number of hydrogen-bond acceptors (Lipinski definition) is 1. The maximum absolute atomic E-state index is 12.6. The van der Waals surface area contributed by atoms with Crippen LogP contribution in [0.1, 0.15) is 48.9 Å². The summed E-state index contributed by atoms with van der Waals surface area (Å²) in [5, 5.41) is 4.36. The van der Waals surface area contributed by atoms with Crippen molar-refractivity contribution in [3.05, 3.63) is 33.8 Å². The van der Waals surface area contributed by atoms with Crippen LogP contribution in [0.4, 0.5) is 0 Å². The molecule has 2 nitrogen and oxygen atoms in total. The number of nitrogens with one attached hydrogen (secondary N) is 1. The van der Waals surface area contributed by atoms with Gasteiger partial charge in [0.1, 0.15) is 0 Å². The van der Waals surface area contributed by atoms with Gasteiger partial charge >= 0.3 is 0 Å². The molecule has 0 aromatic heterocycles. The monoisotopic (exact) mass is 323 g/mol. The number of amides is 1. The number of benzene rings is 1. The van der Waals surface area contributed by atoms with E-state index in [1.54, 1.807) is 18.2 Å². The lowest BCUT2D eigenvalue weighted by Gasteiger charge is -2.56. The van der Waals surface area contributed by atoms with Crippen LogP contribution in [0.25, 0.3) is 0 Å². The van der Waals surface area contributed by atoms with Crippen molar-refractivity contribution in [3.8, 4) is 0 Å². The van der Waals surface area contributed by atoms with Crippen molar-refractivity contribution in [1.82, 2.24) is 5.32 Å². The zero-order chi connectivity index (χ0) is 14.6. The molecule has 4 aliphatic rings. The Balaban J connectivity index is 1.56. The topological polar surface area (TPSA) is 29.1 Å². The number of hydrogen-bond donors (Lipinski definition) is 1. The molecule has 1 amide bonds. The fraction of sp³-hybridized carbons (Fsp3) is 0.588. The fourth-order valence-electron chi connectivity index (χ4n) is 5.26. The Bertz CT molecular complexity index is 543.